The van der Waals surface area contributed by atoms with Crippen LogP contribution in [0.3, 0.4) is 0 Å². The number of likely N-dealkylation sites (tertiary alicyclic amines) is 1. The van der Waals surface area contributed by atoms with Crippen LogP contribution in [0.5, 0.6) is 0 Å². The second kappa shape index (κ2) is 6.93. The summed E-state index contributed by atoms with van der Waals surface area (Å²) in [5.74, 6) is -1.51. The van der Waals surface area contributed by atoms with Crippen molar-refractivity contribution in [3.63, 3.8) is 0 Å². The summed E-state index contributed by atoms with van der Waals surface area (Å²) in [7, 11) is 0. The fraction of sp³-hybridized carbons (Fsp3) is 0.500. The number of carbonyl (C=O) groups is 3. The Morgan fingerprint density at radius 1 is 1.17 bits per heavy atom. The lowest BCUT2D eigenvalue weighted by Crippen LogP contribution is -2.44. The molecular formula is C18H20ClNO4. The number of carbonyl (C=O) groups excluding carboxylic acids is 3. The Morgan fingerprint density at radius 3 is 2.25 bits per heavy atom. The predicted molar refractivity (Wildman–Crippen MR) is 88.0 cm³/mol. The first-order valence-corrected chi connectivity index (χ1v) is 8.65. The van der Waals surface area contributed by atoms with Gasteiger partial charge in [-0.25, -0.2) is 4.79 Å². The Labute approximate surface area is 145 Å². The third kappa shape index (κ3) is 3.18. The Bertz CT molecular complexity index is 633. The van der Waals surface area contributed by atoms with Gasteiger partial charge >= 0.3 is 5.97 Å². The maximum absolute atomic E-state index is 12.5. The van der Waals surface area contributed by atoms with Gasteiger partial charge in [0.25, 0.3) is 0 Å². The Balaban J connectivity index is 1.63. The van der Waals surface area contributed by atoms with Crippen LogP contribution in [-0.2, 0) is 25.7 Å². The molecule has 1 aromatic rings. The van der Waals surface area contributed by atoms with Gasteiger partial charge in [-0.2, -0.15) is 0 Å². The van der Waals surface area contributed by atoms with Gasteiger partial charge in [0.05, 0.1) is 11.8 Å². The maximum atomic E-state index is 12.5. The molecule has 6 heteroatoms. The molecule has 0 aromatic heterocycles. The number of amides is 2. The standard InChI is InChI=1S/C18H20ClNO4/c1-11(18(23)24-10-12-6-8-13(19)9-7-12)20-16(21)14-4-2-3-5-15(14)17(20)22/h6-9,11,14-15H,2-5,10H2,1H3/t11-,14-,15-/m0/s1. The van der Waals surface area contributed by atoms with E-state index in [-0.39, 0.29) is 30.3 Å². The zero-order valence-electron chi connectivity index (χ0n) is 13.5. The molecule has 1 aliphatic carbocycles. The minimum atomic E-state index is -0.886. The van der Waals surface area contributed by atoms with Gasteiger partial charge < -0.3 is 4.74 Å². The summed E-state index contributed by atoms with van der Waals surface area (Å²) in [6, 6.07) is 6.07. The van der Waals surface area contributed by atoms with Gasteiger partial charge in [-0.05, 0) is 37.5 Å². The van der Waals surface area contributed by atoms with E-state index in [9.17, 15) is 14.4 Å². The zero-order chi connectivity index (χ0) is 17.3. The summed E-state index contributed by atoms with van der Waals surface area (Å²) < 4.78 is 5.26. The van der Waals surface area contributed by atoms with Gasteiger partial charge in [0, 0.05) is 5.02 Å². The van der Waals surface area contributed by atoms with Gasteiger partial charge in [-0.3, -0.25) is 14.5 Å². The fourth-order valence-electron chi connectivity index (χ4n) is 3.53. The molecule has 2 fully saturated rings. The molecule has 3 atom stereocenters. The maximum Gasteiger partial charge on any atom is 0.329 e. The lowest BCUT2D eigenvalue weighted by Gasteiger charge is -2.21. The molecule has 1 heterocycles. The van der Waals surface area contributed by atoms with E-state index in [1.165, 1.54) is 0 Å². The topological polar surface area (TPSA) is 63.7 Å². The molecule has 0 bridgehead atoms. The summed E-state index contributed by atoms with van der Waals surface area (Å²) in [5.41, 5.74) is 0.799. The highest BCUT2D eigenvalue weighted by atomic mass is 35.5. The molecule has 0 radical (unpaired) electrons. The summed E-state index contributed by atoms with van der Waals surface area (Å²) >= 11 is 5.81. The zero-order valence-corrected chi connectivity index (χ0v) is 14.3. The van der Waals surface area contributed by atoms with Gasteiger partial charge in [0.2, 0.25) is 11.8 Å². The van der Waals surface area contributed by atoms with Crippen molar-refractivity contribution < 1.29 is 19.1 Å². The molecule has 0 N–H and O–H groups in total. The van der Waals surface area contributed by atoms with Crippen LogP contribution in [0.15, 0.2) is 24.3 Å². The highest BCUT2D eigenvalue weighted by Gasteiger charge is 2.51. The second-order valence-electron chi connectivity index (χ2n) is 6.45. The van der Waals surface area contributed by atoms with Crippen molar-refractivity contribution in [2.45, 2.75) is 45.3 Å². The van der Waals surface area contributed by atoms with Crippen LogP contribution >= 0.6 is 11.6 Å². The predicted octanol–water partition coefficient (Wildman–Crippen LogP) is 2.95. The van der Waals surface area contributed by atoms with Gasteiger partial charge in [-0.15, -0.1) is 0 Å². The third-order valence-corrected chi connectivity index (χ3v) is 5.15. The van der Waals surface area contributed by atoms with E-state index < -0.39 is 12.0 Å². The van der Waals surface area contributed by atoms with Crippen molar-refractivity contribution >= 4 is 29.4 Å². The number of benzene rings is 1. The average Bonchev–Trinajstić information content (AvgIpc) is 2.85. The monoisotopic (exact) mass is 349 g/mol. The molecule has 3 rings (SSSR count). The van der Waals surface area contributed by atoms with E-state index in [0.29, 0.717) is 5.02 Å². The number of ether oxygens (including phenoxy) is 1. The number of halogens is 1. The number of nitrogens with zero attached hydrogens (tertiary/aromatic N) is 1. The quantitative estimate of drug-likeness (QED) is 0.619. The SMILES string of the molecule is C[C@@H](C(=O)OCc1ccc(Cl)cc1)N1C(=O)[C@H]2CCCC[C@@H]2C1=O. The molecule has 1 aromatic carbocycles. The number of fused-ring (bicyclic) bond motifs is 1. The van der Waals surface area contributed by atoms with Crippen LogP contribution in [0, 0.1) is 11.8 Å². The highest BCUT2D eigenvalue weighted by Crippen LogP contribution is 2.38. The summed E-state index contributed by atoms with van der Waals surface area (Å²) in [4.78, 5) is 38.4. The first-order valence-electron chi connectivity index (χ1n) is 8.27. The van der Waals surface area contributed by atoms with Gasteiger partial charge in [0.1, 0.15) is 12.6 Å². The van der Waals surface area contributed by atoms with Crippen molar-refractivity contribution in [2.24, 2.45) is 11.8 Å². The second-order valence-corrected chi connectivity index (χ2v) is 6.89. The van der Waals surface area contributed by atoms with E-state index in [1.807, 2.05) is 0 Å². The van der Waals surface area contributed by atoms with Crippen LogP contribution in [0.4, 0.5) is 0 Å². The van der Waals surface area contributed by atoms with Crippen molar-refractivity contribution in [3.05, 3.63) is 34.9 Å². The Hall–Kier alpha value is -1.88. The third-order valence-electron chi connectivity index (χ3n) is 4.90. The van der Waals surface area contributed by atoms with E-state index in [4.69, 9.17) is 16.3 Å². The molecular weight excluding hydrogens is 330 g/mol. The number of rotatable bonds is 4. The molecule has 1 aliphatic heterocycles. The van der Waals surface area contributed by atoms with Crippen LogP contribution in [0.2, 0.25) is 5.02 Å². The summed E-state index contributed by atoms with van der Waals surface area (Å²) in [5, 5.41) is 0.606. The minimum Gasteiger partial charge on any atom is -0.459 e. The average molecular weight is 350 g/mol. The van der Waals surface area contributed by atoms with Crippen molar-refractivity contribution in [1.82, 2.24) is 4.90 Å². The van der Waals surface area contributed by atoms with Gasteiger partial charge in [0.15, 0.2) is 0 Å². The lowest BCUT2D eigenvalue weighted by atomic mass is 9.81. The normalized spacial score (nSPS) is 24.7. The molecule has 1 saturated carbocycles. The molecule has 0 spiro atoms. The molecule has 0 unspecified atom stereocenters. The van der Waals surface area contributed by atoms with E-state index in [2.05, 4.69) is 0 Å². The Morgan fingerprint density at radius 2 is 1.71 bits per heavy atom. The summed E-state index contributed by atoms with van der Waals surface area (Å²) in [6.07, 6.45) is 3.39. The molecule has 128 valence electrons. The first-order chi connectivity index (χ1) is 11.5. The lowest BCUT2D eigenvalue weighted by molar-refractivity contribution is -0.159. The molecule has 5 nitrogen and oxygen atoms in total. The van der Waals surface area contributed by atoms with Crippen molar-refractivity contribution in [2.75, 3.05) is 0 Å². The van der Waals surface area contributed by atoms with Crippen LogP contribution in [-0.4, -0.2) is 28.7 Å². The summed E-state index contributed by atoms with van der Waals surface area (Å²) in [6.45, 7) is 1.64. The van der Waals surface area contributed by atoms with Crippen LogP contribution < -0.4 is 0 Å². The highest BCUT2D eigenvalue weighted by molar-refractivity contribution is 6.30. The van der Waals surface area contributed by atoms with Crippen LogP contribution in [0.1, 0.15) is 38.2 Å². The molecule has 1 saturated heterocycles. The molecule has 24 heavy (non-hydrogen) atoms. The molecule has 2 aliphatic rings. The molecule has 2 amide bonds. The number of hydrogen-bond acceptors (Lipinski definition) is 4. The smallest absolute Gasteiger partial charge is 0.329 e. The largest absolute Gasteiger partial charge is 0.459 e. The fourth-order valence-corrected chi connectivity index (χ4v) is 3.66. The number of hydrogen-bond donors (Lipinski definition) is 0. The van der Waals surface area contributed by atoms with Gasteiger partial charge in [-0.1, -0.05) is 36.6 Å². The van der Waals surface area contributed by atoms with Crippen molar-refractivity contribution in [1.29, 1.82) is 0 Å². The van der Waals surface area contributed by atoms with E-state index in [1.54, 1.807) is 31.2 Å². The minimum absolute atomic E-state index is 0.0867. The van der Waals surface area contributed by atoms with E-state index >= 15 is 0 Å². The first kappa shape index (κ1) is 17.0. The van der Waals surface area contributed by atoms with E-state index in [0.717, 1.165) is 36.1 Å². The van der Waals surface area contributed by atoms with Crippen LogP contribution in [0.25, 0.3) is 0 Å². The number of imide groups is 1. The Kier molecular flexibility index (Phi) is 4.90. The van der Waals surface area contributed by atoms with Crippen molar-refractivity contribution in [3.8, 4) is 0 Å². The number of esters is 1.